The molecule has 22 heavy (non-hydrogen) atoms. The first-order chi connectivity index (χ1) is 10.5. The highest BCUT2D eigenvalue weighted by Crippen LogP contribution is 2.19. The van der Waals surface area contributed by atoms with Crippen LogP contribution in [-0.2, 0) is 9.53 Å². The van der Waals surface area contributed by atoms with Gasteiger partial charge < -0.3 is 4.74 Å². The Morgan fingerprint density at radius 2 is 1.68 bits per heavy atom. The highest BCUT2D eigenvalue weighted by Gasteiger charge is 2.04. The second-order valence-corrected chi connectivity index (χ2v) is 6.56. The van der Waals surface area contributed by atoms with E-state index in [4.69, 9.17) is 4.74 Å². The van der Waals surface area contributed by atoms with Gasteiger partial charge in [0.25, 0.3) is 0 Å². The third-order valence-electron chi connectivity index (χ3n) is 4.00. The molecular weight excluding hydrogens is 272 g/mol. The summed E-state index contributed by atoms with van der Waals surface area (Å²) in [7, 11) is 0. The molecular formula is C20H36O2. The average molecular weight is 309 g/mol. The second kappa shape index (κ2) is 13.6. The van der Waals surface area contributed by atoms with Crippen LogP contribution in [0.25, 0.3) is 0 Å². The van der Waals surface area contributed by atoms with E-state index in [1.165, 1.54) is 38.5 Å². The lowest BCUT2D eigenvalue weighted by atomic mass is 9.94. The Morgan fingerprint density at radius 3 is 2.32 bits per heavy atom. The van der Waals surface area contributed by atoms with E-state index in [9.17, 15) is 4.79 Å². The number of rotatable bonds is 12. The molecule has 0 aliphatic heterocycles. The van der Waals surface area contributed by atoms with Gasteiger partial charge in [0.2, 0.25) is 0 Å². The number of esters is 1. The van der Waals surface area contributed by atoms with Crippen LogP contribution in [0.3, 0.4) is 0 Å². The molecule has 128 valence electrons. The highest BCUT2D eigenvalue weighted by molar-refractivity contribution is 5.83. The molecule has 2 heteroatoms. The summed E-state index contributed by atoms with van der Waals surface area (Å²) in [6, 6.07) is 0. The van der Waals surface area contributed by atoms with Crippen molar-refractivity contribution in [1.29, 1.82) is 0 Å². The van der Waals surface area contributed by atoms with Crippen LogP contribution in [0.2, 0.25) is 0 Å². The molecule has 0 aromatic heterocycles. The quantitative estimate of drug-likeness (QED) is 0.248. The predicted molar refractivity (Wildman–Crippen MR) is 95.9 cm³/mol. The van der Waals surface area contributed by atoms with Crippen LogP contribution in [0.15, 0.2) is 23.8 Å². The Morgan fingerprint density at radius 1 is 1.05 bits per heavy atom. The summed E-state index contributed by atoms with van der Waals surface area (Å²) >= 11 is 0. The van der Waals surface area contributed by atoms with Gasteiger partial charge in [-0.3, -0.25) is 0 Å². The molecule has 0 saturated heterocycles. The zero-order valence-corrected chi connectivity index (χ0v) is 15.4. The second-order valence-electron chi connectivity index (χ2n) is 6.56. The lowest BCUT2D eigenvalue weighted by molar-refractivity contribution is -0.137. The van der Waals surface area contributed by atoms with Crippen LogP contribution in [0.1, 0.15) is 79.6 Å². The largest absolute Gasteiger partial charge is 0.463 e. The summed E-state index contributed by atoms with van der Waals surface area (Å²) in [5, 5.41) is 0. The number of hydrogen-bond acceptors (Lipinski definition) is 2. The monoisotopic (exact) mass is 308 g/mol. The SMILES string of the molecule is CCCCC(C)CCCC(C)C/C=C/C(C)=C/C(=O)OCC. The third-order valence-corrected chi connectivity index (χ3v) is 4.00. The van der Waals surface area contributed by atoms with Crippen molar-refractivity contribution in [1.82, 2.24) is 0 Å². The molecule has 0 aromatic rings. The summed E-state index contributed by atoms with van der Waals surface area (Å²) in [5.41, 5.74) is 0.957. The van der Waals surface area contributed by atoms with Crippen molar-refractivity contribution in [2.24, 2.45) is 11.8 Å². The minimum Gasteiger partial charge on any atom is -0.463 e. The minimum atomic E-state index is -0.251. The molecule has 0 fully saturated rings. The standard InChI is InChI=1S/C20H36O2/c1-6-8-11-17(3)12-9-13-18(4)14-10-15-19(5)16-20(21)22-7-2/h10,15-18H,6-9,11-14H2,1-5H3/b15-10+,19-16+. The van der Waals surface area contributed by atoms with Crippen LogP contribution in [0, 0.1) is 11.8 Å². The van der Waals surface area contributed by atoms with Crippen molar-refractivity contribution in [3.05, 3.63) is 23.8 Å². The van der Waals surface area contributed by atoms with E-state index < -0.39 is 0 Å². The number of unbranched alkanes of at least 4 members (excludes halogenated alkanes) is 1. The van der Waals surface area contributed by atoms with Gasteiger partial charge in [-0.25, -0.2) is 4.79 Å². The molecule has 0 rings (SSSR count). The van der Waals surface area contributed by atoms with Crippen LogP contribution < -0.4 is 0 Å². The predicted octanol–water partition coefficient (Wildman–Crippen LogP) is 6.07. The van der Waals surface area contributed by atoms with Gasteiger partial charge in [0.05, 0.1) is 6.61 Å². The van der Waals surface area contributed by atoms with Crippen molar-refractivity contribution in [2.45, 2.75) is 79.6 Å². The molecule has 0 heterocycles. The van der Waals surface area contributed by atoms with Crippen LogP contribution in [0.5, 0.6) is 0 Å². The lowest BCUT2D eigenvalue weighted by Gasteiger charge is -2.13. The van der Waals surface area contributed by atoms with Crippen molar-refractivity contribution in [3.8, 4) is 0 Å². The number of carbonyl (C=O) groups excluding carboxylic acids is 1. The fourth-order valence-corrected chi connectivity index (χ4v) is 2.53. The Kier molecular flexibility index (Phi) is 13.0. The molecule has 0 aliphatic carbocycles. The summed E-state index contributed by atoms with van der Waals surface area (Å²) in [6.07, 6.45) is 14.9. The van der Waals surface area contributed by atoms with Gasteiger partial charge >= 0.3 is 5.97 Å². The molecule has 0 saturated carbocycles. The van der Waals surface area contributed by atoms with Gasteiger partial charge in [0, 0.05) is 6.08 Å². The van der Waals surface area contributed by atoms with Gasteiger partial charge in [0.1, 0.15) is 0 Å². The Bertz CT molecular complexity index is 342. The van der Waals surface area contributed by atoms with E-state index in [0.717, 1.165) is 17.9 Å². The van der Waals surface area contributed by atoms with Gasteiger partial charge in [-0.1, -0.05) is 71.4 Å². The Labute approximate surface area is 138 Å². The summed E-state index contributed by atoms with van der Waals surface area (Å²) in [6.45, 7) is 11.1. The maximum absolute atomic E-state index is 11.3. The zero-order chi connectivity index (χ0) is 16.8. The van der Waals surface area contributed by atoms with Crippen molar-refractivity contribution in [2.75, 3.05) is 6.61 Å². The maximum Gasteiger partial charge on any atom is 0.330 e. The first kappa shape index (κ1) is 20.9. The first-order valence-corrected chi connectivity index (χ1v) is 9.01. The number of hydrogen-bond donors (Lipinski definition) is 0. The van der Waals surface area contributed by atoms with E-state index in [1.807, 2.05) is 19.9 Å². The molecule has 0 aromatic carbocycles. The summed E-state index contributed by atoms with van der Waals surface area (Å²) < 4.78 is 4.89. The smallest absolute Gasteiger partial charge is 0.330 e. The first-order valence-electron chi connectivity index (χ1n) is 9.01. The molecule has 0 N–H and O–H groups in total. The molecule has 0 spiro atoms. The Hall–Kier alpha value is -1.05. The maximum atomic E-state index is 11.3. The molecule has 0 amide bonds. The minimum absolute atomic E-state index is 0.251. The molecule has 0 bridgehead atoms. The van der Waals surface area contributed by atoms with E-state index in [2.05, 4.69) is 26.8 Å². The van der Waals surface area contributed by atoms with E-state index >= 15 is 0 Å². The Balaban J connectivity index is 3.86. The topological polar surface area (TPSA) is 26.3 Å². The van der Waals surface area contributed by atoms with Gasteiger partial charge in [-0.15, -0.1) is 0 Å². The van der Waals surface area contributed by atoms with Gasteiger partial charge in [0.15, 0.2) is 0 Å². The van der Waals surface area contributed by atoms with Crippen LogP contribution in [-0.4, -0.2) is 12.6 Å². The van der Waals surface area contributed by atoms with Gasteiger partial charge in [-0.05, 0) is 37.7 Å². The summed E-state index contributed by atoms with van der Waals surface area (Å²) in [4.78, 5) is 11.3. The van der Waals surface area contributed by atoms with Crippen molar-refractivity contribution >= 4 is 5.97 Å². The normalized spacial score (nSPS) is 15.0. The third kappa shape index (κ3) is 12.7. The highest BCUT2D eigenvalue weighted by atomic mass is 16.5. The molecule has 2 atom stereocenters. The van der Waals surface area contributed by atoms with E-state index in [-0.39, 0.29) is 5.97 Å². The molecule has 2 nitrogen and oxygen atoms in total. The van der Waals surface area contributed by atoms with E-state index in [0.29, 0.717) is 12.5 Å². The molecule has 0 radical (unpaired) electrons. The van der Waals surface area contributed by atoms with Crippen molar-refractivity contribution < 1.29 is 9.53 Å². The molecule has 2 unspecified atom stereocenters. The lowest BCUT2D eigenvalue weighted by Crippen LogP contribution is -2.00. The van der Waals surface area contributed by atoms with Crippen LogP contribution in [0.4, 0.5) is 0 Å². The fourth-order valence-electron chi connectivity index (χ4n) is 2.53. The number of carbonyl (C=O) groups is 1. The average Bonchev–Trinajstić information content (AvgIpc) is 2.45. The van der Waals surface area contributed by atoms with Crippen molar-refractivity contribution in [3.63, 3.8) is 0 Å². The number of allylic oxidation sites excluding steroid dienone is 3. The summed E-state index contributed by atoms with van der Waals surface area (Å²) in [5.74, 6) is 1.33. The molecule has 0 aliphatic rings. The number of ether oxygens (including phenoxy) is 1. The van der Waals surface area contributed by atoms with Gasteiger partial charge in [-0.2, -0.15) is 0 Å². The van der Waals surface area contributed by atoms with E-state index in [1.54, 1.807) is 6.08 Å². The zero-order valence-electron chi connectivity index (χ0n) is 15.4. The fraction of sp³-hybridized carbons (Fsp3) is 0.750. The van der Waals surface area contributed by atoms with Crippen LogP contribution >= 0.6 is 0 Å².